The van der Waals surface area contributed by atoms with Crippen molar-refractivity contribution < 1.29 is 9.90 Å². The summed E-state index contributed by atoms with van der Waals surface area (Å²) in [5.74, 6) is 0.514. The van der Waals surface area contributed by atoms with E-state index in [0.29, 0.717) is 5.82 Å². The highest BCUT2D eigenvalue weighted by atomic mass is 32.2. The fraction of sp³-hybridized carbons (Fsp3) is 0.385. The van der Waals surface area contributed by atoms with Gasteiger partial charge in [-0.05, 0) is 35.9 Å². The smallest absolute Gasteiger partial charge is 0.331 e. The lowest BCUT2D eigenvalue weighted by atomic mass is 9.98. The zero-order valence-corrected chi connectivity index (χ0v) is 12.0. The molecule has 0 aliphatic carbocycles. The molecular formula is C13H14N4O2S. The van der Waals surface area contributed by atoms with Crippen molar-refractivity contribution in [1.29, 1.82) is 0 Å². The Morgan fingerprint density at radius 2 is 2.20 bits per heavy atom. The molecule has 1 aliphatic heterocycles. The quantitative estimate of drug-likeness (QED) is 0.927. The van der Waals surface area contributed by atoms with E-state index >= 15 is 0 Å². The maximum Gasteiger partial charge on any atom is 0.331 e. The second kappa shape index (κ2) is 4.59. The summed E-state index contributed by atoms with van der Waals surface area (Å²) in [6, 6.07) is 8.09. The summed E-state index contributed by atoms with van der Waals surface area (Å²) in [5, 5.41) is 21.0. The van der Waals surface area contributed by atoms with Gasteiger partial charge in [0.2, 0.25) is 0 Å². The molecule has 0 spiro atoms. The van der Waals surface area contributed by atoms with Gasteiger partial charge in [-0.15, -0.1) is 16.9 Å². The van der Waals surface area contributed by atoms with E-state index in [-0.39, 0.29) is 5.92 Å². The molecule has 104 valence electrons. The Morgan fingerprint density at radius 3 is 2.95 bits per heavy atom. The average molecular weight is 290 g/mol. The van der Waals surface area contributed by atoms with Crippen molar-refractivity contribution in [3.8, 4) is 0 Å². The van der Waals surface area contributed by atoms with E-state index in [1.54, 1.807) is 25.6 Å². The minimum absolute atomic E-state index is 0.0322. The molecule has 1 aliphatic rings. The number of carbonyl (C=O) groups is 1. The Morgan fingerprint density at radius 1 is 1.45 bits per heavy atom. The van der Waals surface area contributed by atoms with E-state index in [9.17, 15) is 9.90 Å². The number of hydrogen-bond acceptors (Lipinski definition) is 5. The monoisotopic (exact) mass is 290 g/mol. The highest BCUT2D eigenvalue weighted by Gasteiger charge is 2.37. The third-order valence-electron chi connectivity index (χ3n) is 3.56. The third-order valence-corrected chi connectivity index (χ3v) is 4.74. The van der Waals surface area contributed by atoms with Crippen molar-refractivity contribution >= 4 is 17.7 Å². The predicted octanol–water partition coefficient (Wildman–Crippen LogP) is 1.73. The molecule has 1 atom stereocenters. The van der Waals surface area contributed by atoms with Crippen LogP contribution >= 0.6 is 11.8 Å². The van der Waals surface area contributed by atoms with Crippen molar-refractivity contribution in [2.45, 2.75) is 30.2 Å². The maximum atomic E-state index is 11.4. The zero-order chi connectivity index (χ0) is 14.3. The molecule has 0 saturated carbocycles. The molecular weight excluding hydrogens is 276 g/mol. The van der Waals surface area contributed by atoms with Crippen LogP contribution in [-0.4, -0.2) is 37.0 Å². The molecule has 1 N–H and O–H groups in total. The van der Waals surface area contributed by atoms with Gasteiger partial charge < -0.3 is 5.11 Å². The van der Waals surface area contributed by atoms with Gasteiger partial charge >= 0.3 is 5.97 Å². The van der Waals surface area contributed by atoms with Crippen molar-refractivity contribution in [1.82, 2.24) is 20.2 Å². The van der Waals surface area contributed by atoms with Gasteiger partial charge in [-0.2, -0.15) is 0 Å². The molecule has 7 heteroatoms. The molecule has 3 rings (SSSR count). The molecule has 2 aromatic rings. The van der Waals surface area contributed by atoms with Gasteiger partial charge in [-0.1, -0.05) is 18.2 Å². The van der Waals surface area contributed by atoms with E-state index in [4.69, 9.17) is 0 Å². The minimum Gasteiger partial charge on any atom is -0.479 e. The fourth-order valence-electron chi connectivity index (χ4n) is 2.28. The van der Waals surface area contributed by atoms with Gasteiger partial charge in [0.1, 0.15) is 0 Å². The molecule has 0 amide bonds. The number of aliphatic carboxylic acids is 1. The van der Waals surface area contributed by atoms with Gasteiger partial charge in [0.05, 0.1) is 5.92 Å². The van der Waals surface area contributed by atoms with Crippen LogP contribution in [0, 0.1) is 0 Å². The third kappa shape index (κ3) is 1.89. The van der Waals surface area contributed by atoms with Crippen LogP contribution in [0.5, 0.6) is 0 Å². The predicted molar refractivity (Wildman–Crippen MR) is 73.8 cm³/mol. The Bertz CT molecular complexity index is 668. The minimum atomic E-state index is -1.17. The SMILES string of the molecule is CC(C)(C(=O)O)n1nnnc1C1CSc2ccccc21. The first kappa shape index (κ1) is 13.1. The number of fused-ring (bicyclic) bond motifs is 1. The second-order valence-electron chi connectivity index (χ2n) is 5.21. The van der Waals surface area contributed by atoms with Crippen LogP contribution in [0.1, 0.15) is 31.2 Å². The van der Waals surface area contributed by atoms with Crippen molar-refractivity contribution in [3.05, 3.63) is 35.7 Å². The molecule has 1 aromatic carbocycles. The summed E-state index contributed by atoms with van der Waals surface area (Å²) >= 11 is 1.75. The van der Waals surface area contributed by atoms with Gasteiger partial charge in [0.15, 0.2) is 11.4 Å². The number of nitrogens with zero attached hydrogens (tertiary/aromatic N) is 4. The normalized spacial score (nSPS) is 18.0. The van der Waals surface area contributed by atoms with Crippen LogP contribution < -0.4 is 0 Å². The highest BCUT2D eigenvalue weighted by molar-refractivity contribution is 7.99. The van der Waals surface area contributed by atoms with E-state index in [1.165, 1.54) is 9.58 Å². The van der Waals surface area contributed by atoms with Crippen LogP contribution in [0.15, 0.2) is 29.2 Å². The molecule has 0 fully saturated rings. The molecule has 0 saturated heterocycles. The summed E-state index contributed by atoms with van der Waals surface area (Å²) in [6.07, 6.45) is 0. The van der Waals surface area contributed by atoms with Gasteiger partial charge in [0, 0.05) is 10.6 Å². The molecule has 6 nitrogen and oxygen atoms in total. The molecule has 0 bridgehead atoms. The van der Waals surface area contributed by atoms with Crippen molar-refractivity contribution in [2.75, 3.05) is 5.75 Å². The largest absolute Gasteiger partial charge is 0.479 e. The Hall–Kier alpha value is -1.89. The fourth-order valence-corrected chi connectivity index (χ4v) is 3.50. The van der Waals surface area contributed by atoms with Crippen LogP contribution in [0.2, 0.25) is 0 Å². The molecule has 2 heterocycles. The maximum absolute atomic E-state index is 11.4. The number of aromatic nitrogens is 4. The topological polar surface area (TPSA) is 80.9 Å². The van der Waals surface area contributed by atoms with Crippen LogP contribution in [-0.2, 0) is 10.3 Å². The van der Waals surface area contributed by atoms with Gasteiger partial charge in [-0.25, -0.2) is 9.48 Å². The standard InChI is InChI=1S/C13H14N4O2S/c1-13(2,12(18)19)17-11(14-15-16-17)9-7-20-10-6-4-3-5-8(9)10/h3-6,9H,7H2,1-2H3,(H,18,19). The summed E-state index contributed by atoms with van der Waals surface area (Å²) in [6.45, 7) is 3.20. The lowest BCUT2D eigenvalue weighted by Gasteiger charge is -2.22. The van der Waals surface area contributed by atoms with E-state index in [2.05, 4.69) is 21.6 Å². The summed E-state index contributed by atoms with van der Waals surface area (Å²) in [7, 11) is 0. The highest BCUT2D eigenvalue weighted by Crippen LogP contribution is 2.42. The molecule has 1 unspecified atom stereocenters. The first-order chi connectivity index (χ1) is 9.51. The number of rotatable bonds is 3. The number of carboxylic acid groups (broad SMARTS) is 1. The second-order valence-corrected chi connectivity index (χ2v) is 6.28. The number of thioether (sulfide) groups is 1. The Balaban J connectivity index is 2.06. The zero-order valence-electron chi connectivity index (χ0n) is 11.1. The number of benzene rings is 1. The Kier molecular flexibility index (Phi) is 3.01. The van der Waals surface area contributed by atoms with E-state index in [1.807, 2.05) is 18.2 Å². The lowest BCUT2D eigenvalue weighted by Crippen LogP contribution is -2.38. The van der Waals surface area contributed by atoms with Crippen LogP contribution in [0.25, 0.3) is 0 Å². The van der Waals surface area contributed by atoms with Crippen LogP contribution in [0.4, 0.5) is 0 Å². The van der Waals surface area contributed by atoms with Gasteiger partial charge in [0.25, 0.3) is 0 Å². The first-order valence-corrected chi connectivity index (χ1v) is 7.24. The summed E-state index contributed by atoms with van der Waals surface area (Å²) in [5.41, 5.74) is -0.00385. The molecule has 0 radical (unpaired) electrons. The average Bonchev–Trinajstić information content (AvgIpc) is 3.04. The number of tetrazole rings is 1. The Labute approximate surface area is 120 Å². The molecule has 20 heavy (non-hydrogen) atoms. The van der Waals surface area contributed by atoms with Crippen molar-refractivity contribution in [3.63, 3.8) is 0 Å². The summed E-state index contributed by atoms with van der Waals surface area (Å²) < 4.78 is 1.42. The van der Waals surface area contributed by atoms with Gasteiger partial charge in [-0.3, -0.25) is 0 Å². The molecule has 1 aromatic heterocycles. The van der Waals surface area contributed by atoms with E-state index < -0.39 is 11.5 Å². The lowest BCUT2D eigenvalue weighted by molar-refractivity contribution is -0.146. The number of hydrogen-bond donors (Lipinski definition) is 1. The van der Waals surface area contributed by atoms with E-state index in [0.717, 1.165) is 11.3 Å². The first-order valence-electron chi connectivity index (χ1n) is 6.25. The van der Waals surface area contributed by atoms with Crippen LogP contribution in [0.3, 0.4) is 0 Å². The van der Waals surface area contributed by atoms with Crippen molar-refractivity contribution in [2.24, 2.45) is 0 Å². The number of carboxylic acids is 1. The summed E-state index contributed by atoms with van der Waals surface area (Å²) in [4.78, 5) is 12.6.